The number of hydrogen-bond donors (Lipinski definition) is 0. The van der Waals surface area contributed by atoms with Crippen LogP contribution in [0.3, 0.4) is 0 Å². The molecule has 0 radical (unpaired) electrons. The third kappa shape index (κ3) is 25.8. The fourth-order valence-electron chi connectivity index (χ4n) is 4.50. The fraction of sp³-hybridized carbons (Fsp3) is 0.933. The Hall–Kier alpha value is -0.260. The van der Waals surface area contributed by atoms with E-state index >= 15 is 0 Å². The van der Waals surface area contributed by atoms with Gasteiger partial charge < -0.3 is 0 Å². The van der Waals surface area contributed by atoms with E-state index < -0.39 is 0 Å². The summed E-state index contributed by atoms with van der Waals surface area (Å²) in [5.41, 5.74) is 0. The van der Waals surface area contributed by atoms with Crippen molar-refractivity contribution in [3.63, 3.8) is 0 Å². The van der Waals surface area contributed by atoms with E-state index in [4.69, 9.17) is 0 Å². The van der Waals surface area contributed by atoms with Crippen molar-refractivity contribution >= 4 is 0 Å². The Morgan fingerprint density at radius 3 is 1.17 bits per heavy atom. The SMILES string of the molecule is CCCC/C=C/CCCCCCC(C)CCCCCCCCCCCCCCCC. The molecule has 1 atom stereocenters. The van der Waals surface area contributed by atoms with E-state index in [1.807, 2.05) is 0 Å². The van der Waals surface area contributed by atoms with Gasteiger partial charge in [0.15, 0.2) is 0 Å². The Morgan fingerprint density at radius 2 is 0.733 bits per heavy atom. The monoisotopic (exact) mass is 420 g/mol. The van der Waals surface area contributed by atoms with Crippen LogP contribution in [-0.2, 0) is 0 Å². The molecule has 0 aliphatic heterocycles. The van der Waals surface area contributed by atoms with Gasteiger partial charge in [-0.1, -0.05) is 168 Å². The van der Waals surface area contributed by atoms with E-state index in [1.54, 1.807) is 0 Å². The summed E-state index contributed by atoms with van der Waals surface area (Å²) in [6, 6.07) is 0. The van der Waals surface area contributed by atoms with Crippen molar-refractivity contribution in [3.8, 4) is 0 Å². The van der Waals surface area contributed by atoms with Crippen LogP contribution in [0.5, 0.6) is 0 Å². The zero-order valence-corrected chi connectivity index (χ0v) is 21.7. The van der Waals surface area contributed by atoms with Crippen molar-refractivity contribution in [1.29, 1.82) is 0 Å². The molecule has 180 valence electrons. The highest BCUT2D eigenvalue weighted by Gasteiger charge is 2.02. The van der Waals surface area contributed by atoms with Crippen molar-refractivity contribution in [2.75, 3.05) is 0 Å². The highest BCUT2D eigenvalue weighted by molar-refractivity contribution is 4.81. The summed E-state index contributed by atoms with van der Waals surface area (Å²) in [5, 5.41) is 0. The Morgan fingerprint density at radius 1 is 0.400 bits per heavy atom. The van der Waals surface area contributed by atoms with Crippen molar-refractivity contribution in [2.24, 2.45) is 5.92 Å². The van der Waals surface area contributed by atoms with Gasteiger partial charge in [-0.05, 0) is 25.2 Å². The maximum atomic E-state index is 2.48. The summed E-state index contributed by atoms with van der Waals surface area (Å²) >= 11 is 0. The van der Waals surface area contributed by atoms with Crippen LogP contribution in [0.25, 0.3) is 0 Å². The van der Waals surface area contributed by atoms with Crippen LogP contribution in [-0.4, -0.2) is 0 Å². The standard InChI is InChI=1S/C30H60/c1-4-6-8-10-12-14-16-17-18-19-21-23-25-27-29-30(3)28-26-24-22-20-15-13-11-9-7-5-2/h11,13,30H,4-10,12,14-29H2,1-3H3/b13-11+. The zero-order chi connectivity index (χ0) is 22.0. The molecule has 0 aromatic heterocycles. The van der Waals surface area contributed by atoms with Gasteiger partial charge in [0.25, 0.3) is 0 Å². The minimum Gasteiger partial charge on any atom is -0.0885 e. The lowest BCUT2D eigenvalue weighted by atomic mass is 9.96. The first-order chi connectivity index (χ1) is 14.8. The quantitative estimate of drug-likeness (QED) is 0.102. The zero-order valence-electron chi connectivity index (χ0n) is 21.7. The van der Waals surface area contributed by atoms with E-state index in [2.05, 4.69) is 32.9 Å². The predicted octanol–water partition coefficient (Wildman–Crippen LogP) is 11.6. The van der Waals surface area contributed by atoms with Gasteiger partial charge in [0.2, 0.25) is 0 Å². The molecular formula is C30H60. The number of rotatable bonds is 25. The molecule has 0 heteroatoms. The first-order valence-corrected chi connectivity index (χ1v) is 14.5. The van der Waals surface area contributed by atoms with Crippen LogP contribution in [0.2, 0.25) is 0 Å². The lowest BCUT2D eigenvalue weighted by molar-refractivity contribution is 0.432. The minimum atomic E-state index is 0.955. The Balaban J connectivity index is 3.16. The minimum absolute atomic E-state index is 0.955. The van der Waals surface area contributed by atoms with Crippen molar-refractivity contribution < 1.29 is 0 Å². The normalized spacial score (nSPS) is 12.8. The maximum Gasteiger partial charge on any atom is -0.0351 e. The number of allylic oxidation sites excluding steroid dienone is 2. The number of hydrogen-bond acceptors (Lipinski definition) is 0. The van der Waals surface area contributed by atoms with E-state index in [-0.39, 0.29) is 0 Å². The molecule has 0 N–H and O–H groups in total. The van der Waals surface area contributed by atoms with E-state index in [0.717, 1.165) is 5.92 Å². The predicted molar refractivity (Wildman–Crippen MR) is 140 cm³/mol. The average molecular weight is 421 g/mol. The molecule has 0 saturated carbocycles. The van der Waals surface area contributed by atoms with Crippen LogP contribution in [0.1, 0.15) is 175 Å². The third-order valence-corrected chi connectivity index (χ3v) is 6.76. The van der Waals surface area contributed by atoms with Gasteiger partial charge >= 0.3 is 0 Å². The largest absolute Gasteiger partial charge is 0.0885 e. The lowest BCUT2D eigenvalue weighted by Gasteiger charge is -2.11. The molecule has 0 aromatic carbocycles. The first kappa shape index (κ1) is 29.7. The summed E-state index contributed by atoms with van der Waals surface area (Å²) in [5.74, 6) is 0.955. The molecule has 0 rings (SSSR count). The molecule has 0 amide bonds. The molecule has 0 aliphatic carbocycles. The van der Waals surface area contributed by atoms with E-state index in [1.165, 1.54) is 154 Å². The Kier molecular flexibility index (Phi) is 26.5. The van der Waals surface area contributed by atoms with Gasteiger partial charge in [0.05, 0.1) is 0 Å². The highest BCUT2D eigenvalue weighted by atomic mass is 14.1. The summed E-state index contributed by atoms with van der Waals surface area (Å²) in [7, 11) is 0. The van der Waals surface area contributed by atoms with Gasteiger partial charge in [-0.2, -0.15) is 0 Å². The molecule has 1 unspecified atom stereocenters. The van der Waals surface area contributed by atoms with Crippen LogP contribution in [0, 0.1) is 5.92 Å². The number of unbranched alkanes of at least 4 members (excludes halogenated alkanes) is 19. The summed E-state index contributed by atoms with van der Waals surface area (Å²) in [4.78, 5) is 0. The fourth-order valence-corrected chi connectivity index (χ4v) is 4.50. The second-order valence-electron chi connectivity index (χ2n) is 10.1. The molecule has 0 spiro atoms. The molecule has 0 saturated heterocycles. The second-order valence-corrected chi connectivity index (χ2v) is 10.1. The molecule has 0 bridgehead atoms. The Labute approximate surface area is 193 Å². The van der Waals surface area contributed by atoms with E-state index in [9.17, 15) is 0 Å². The van der Waals surface area contributed by atoms with Crippen LogP contribution >= 0.6 is 0 Å². The average Bonchev–Trinajstić information content (AvgIpc) is 2.75. The molecule has 0 heterocycles. The molecule has 0 aliphatic rings. The van der Waals surface area contributed by atoms with Gasteiger partial charge in [-0.25, -0.2) is 0 Å². The van der Waals surface area contributed by atoms with Gasteiger partial charge in [0, 0.05) is 0 Å². The smallest absolute Gasteiger partial charge is 0.0351 e. The third-order valence-electron chi connectivity index (χ3n) is 6.76. The summed E-state index contributed by atoms with van der Waals surface area (Å²) in [6.07, 6.45) is 39.3. The molecule has 0 aromatic rings. The van der Waals surface area contributed by atoms with Crippen molar-refractivity contribution in [3.05, 3.63) is 12.2 Å². The first-order valence-electron chi connectivity index (χ1n) is 14.5. The summed E-state index contributed by atoms with van der Waals surface area (Å²) in [6.45, 7) is 7.06. The van der Waals surface area contributed by atoms with Gasteiger partial charge in [0.1, 0.15) is 0 Å². The highest BCUT2D eigenvalue weighted by Crippen LogP contribution is 2.19. The molecule has 30 heavy (non-hydrogen) atoms. The Bertz CT molecular complexity index is 316. The molecule has 0 nitrogen and oxygen atoms in total. The van der Waals surface area contributed by atoms with E-state index in [0.29, 0.717) is 0 Å². The van der Waals surface area contributed by atoms with Crippen LogP contribution in [0.4, 0.5) is 0 Å². The van der Waals surface area contributed by atoms with Crippen LogP contribution < -0.4 is 0 Å². The van der Waals surface area contributed by atoms with Crippen LogP contribution in [0.15, 0.2) is 12.2 Å². The maximum absolute atomic E-state index is 2.48. The molecule has 0 fully saturated rings. The van der Waals surface area contributed by atoms with Gasteiger partial charge in [-0.15, -0.1) is 0 Å². The lowest BCUT2D eigenvalue weighted by Crippen LogP contribution is -1.95. The summed E-state index contributed by atoms with van der Waals surface area (Å²) < 4.78 is 0. The van der Waals surface area contributed by atoms with Gasteiger partial charge in [-0.3, -0.25) is 0 Å². The van der Waals surface area contributed by atoms with Crippen molar-refractivity contribution in [2.45, 2.75) is 175 Å². The molecular weight excluding hydrogens is 360 g/mol. The second kappa shape index (κ2) is 26.8. The van der Waals surface area contributed by atoms with Crippen molar-refractivity contribution in [1.82, 2.24) is 0 Å². The topological polar surface area (TPSA) is 0 Å².